The topological polar surface area (TPSA) is 84.2 Å². The van der Waals surface area contributed by atoms with Crippen LogP contribution in [0.3, 0.4) is 0 Å². The zero-order valence-electron chi connectivity index (χ0n) is 12.7. The van der Waals surface area contributed by atoms with E-state index < -0.39 is 5.91 Å². The highest BCUT2D eigenvalue weighted by molar-refractivity contribution is 5.97. The van der Waals surface area contributed by atoms with Gasteiger partial charge in [-0.05, 0) is 48.7 Å². The smallest absolute Gasteiger partial charge is 0.319 e. The number of aryl methyl sites for hydroxylation is 1. The fourth-order valence-corrected chi connectivity index (χ4v) is 2.11. The molecule has 23 heavy (non-hydrogen) atoms. The van der Waals surface area contributed by atoms with Crippen LogP contribution in [0.2, 0.25) is 0 Å². The third-order valence-corrected chi connectivity index (χ3v) is 3.37. The van der Waals surface area contributed by atoms with E-state index in [0.717, 1.165) is 11.1 Å². The molecule has 0 aliphatic heterocycles. The second-order valence-corrected chi connectivity index (χ2v) is 5.15. The Hall–Kier alpha value is -2.89. The molecule has 3 amide bonds. The number of nitrogens with one attached hydrogen (secondary N) is 2. The van der Waals surface area contributed by atoms with E-state index >= 15 is 0 Å². The van der Waals surface area contributed by atoms with E-state index in [0.29, 0.717) is 24.2 Å². The van der Waals surface area contributed by atoms with Crippen LogP contribution in [-0.2, 0) is 6.42 Å². The number of halogens is 1. The first-order valence-corrected chi connectivity index (χ1v) is 7.15. The quantitative estimate of drug-likeness (QED) is 0.792. The summed E-state index contributed by atoms with van der Waals surface area (Å²) in [7, 11) is 0. The molecule has 6 heteroatoms. The van der Waals surface area contributed by atoms with Gasteiger partial charge in [-0.1, -0.05) is 18.2 Å². The third-order valence-electron chi connectivity index (χ3n) is 3.37. The lowest BCUT2D eigenvalue weighted by atomic mass is 10.1. The summed E-state index contributed by atoms with van der Waals surface area (Å²) >= 11 is 0. The molecule has 5 nitrogen and oxygen atoms in total. The molecule has 0 aliphatic carbocycles. The lowest BCUT2D eigenvalue weighted by Crippen LogP contribution is -2.30. The minimum atomic E-state index is -0.539. The second-order valence-electron chi connectivity index (χ2n) is 5.15. The Balaban J connectivity index is 1.86. The minimum Gasteiger partial charge on any atom is -0.366 e. The predicted molar refractivity (Wildman–Crippen MR) is 86.8 cm³/mol. The SMILES string of the molecule is Cc1ccc(NC(=O)NCCc2ccc(F)cc2)cc1C(N)=O. The molecule has 0 heterocycles. The molecular weight excluding hydrogens is 297 g/mol. The zero-order chi connectivity index (χ0) is 16.8. The summed E-state index contributed by atoms with van der Waals surface area (Å²) in [6.07, 6.45) is 0.591. The van der Waals surface area contributed by atoms with Crippen molar-refractivity contribution in [3.63, 3.8) is 0 Å². The molecule has 4 N–H and O–H groups in total. The first-order chi connectivity index (χ1) is 11.0. The average Bonchev–Trinajstić information content (AvgIpc) is 2.51. The summed E-state index contributed by atoms with van der Waals surface area (Å²) in [4.78, 5) is 23.1. The van der Waals surface area contributed by atoms with Crippen molar-refractivity contribution < 1.29 is 14.0 Å². The van der Waals surface area contributed by atoms with Crippen molar-refractivity contribution in [3.8, 4) is 0 Å². The van der Waals surface area contributed by atoms with Crippen molar-refractivity contribution in [2.45, 2.75) is 13.3 Å². The number of rotatable bonds is 5. The van der Waals surface area contributed by atoms with Crippen LogP contribution in [0.15, 0.2) is 42.5 Å². The summed E-state index contributed by atoms with van der Waals surface area (Å²) in [5, 5.41) is 5.34. The standard InChI is InChI=1S/C17H18FN3O2/c1-11-2-7-14(10-15(11)16(19)22)21-17(23)20-9-8-12-3-5-13(18)6-4-12/h2-7,10H,8-9H2,1H3,(H2,19,22)(H2,20,21,23). The number of amides is 3. The number of carbonyl (C=O) groups is 2. The van der Waals surface area contributed by atoms with Crippen LogP contribution in [0, 0.1) is 12.7 Å². The molecule has 0 atom stereocenters. The van der Waals surface area contributed by atoms with Crippen LogP contribution in [0.5, 0.6) is 0 Å². The summed E-state index contributed by atoms with van der Waals surface area (Å²) < 4.78 is 12.8. The Labute approximate surface area is 133 Å². The highest BCUT2D eigenvalue weighted by Gasteiger charge is 2.08. The Morgan fingerprint density at radius 3 is 2.48 bits per heavy atom. The van der Waals surface area contributed by atoms with E-state index in [1.54, 1.807) is 31.2 Å². The van der Waals surface area contributed by atoms with Crippen LogP contribution in [-0.4, -0.2) is 18.5 Å². The van der Waals surface area contributed by atoms with Gasteiger partial charge in [0.2, 0.25) is 5.91 Å². The summed E-state index contributed by atoms with van der Waals surface area (Å²) in [5.41, 5.74) is 7.81. The largest absolute Gasteiger partial charge is 0.366 e. The van der Waals surface area contributed by atoms with E-state index in [9.17, 15) is 14.0 Å². The number of hydrogen-bond acceptors (Lipinski definition) is 2. The fraction of sp³-hybridized carbons (Fsp3) is 0.176. The van der Waals surface area contributed by atoms with E-state index in [-0.39, 0.29) is 11.8 Å². The highest BCUT2D eigenvalue weighted by atomic mass is 19.1. The fourth-order valence-electron chi connectivity index (χ4n) is 2.11. The van der Waals surface area contributed by atoms with Gasteiger partial charge in [-0.2, -0.15) is 0 Å². The monoisotopic (exact) mass is 315 g/mol. The number of hydrogen-bond donors (Lipinski definition) is 3. The highest BCUT2D eigenvalue weighted by Crippen LogP contribution is 2.14. The molecular formula is C17H18FN3O2. The van der Waals surface area contributed by atoms with Crippen molar-refractivity contribution in [1.29, 1.82) is 0 Å². The Kier molecular flexibility index (Phi) is 5.30. The van der Waals surface area contributed by atoms with Gasteiger partial charge in [0.25, 0.3) is 0 Å². The Morgan fingerprint density at radius 2 is 1.83 bits per heavy atom. The molecule has 0 radical (unpaired) electrons. The van der Waals surface area contributed by atoms with Gasteiger partial charge in [0.05, 0.1) is 0 Å². The number of benzene rings is 2. The average molecular weight is 315 g/mol. The van der Waals surface area contributed by atoms with E-state index in [1.807, 2.05) is 0 Å². The van der Waals surface area contributed by atoms with Gasteiger partial charge in [-0.15, -0.1) is 0 Å². The van der Waals surface area contributed by atoms with Gasteiger partial charge in [-0.25, -0.2) is 9.18 Å². The first-order valence-electron chi connectivity index (χ1n) is 7.15. The molecule has 120 valence electrons. The maximum Gasteiger partial charge on any atom is 0.319 e. The molecule has 0 unspecified atom stereocenters. The number of anilines is 1. The molecule has 0 aliphatic rings. The van der Waals surface area contributed by atoms with Crippen molar-refractivity contribution in [2.24, 2.45) is 5.73 Å². The number of carbonyl (C=O) groups excluding carboxylic acids is 2. The van der Waals surface area contributed by atoms with Crippen LogP contribution in [0.1, 0.15) is 21.5 Å². The maximum absolute atomic E-state index is 12.8. The van der Waals surface area contributed by atoms with E-state index in [4.69, 9.17) is 5.73 Å². The molecule has 0 aromatic heterocycles. The van der Waals surface area contributed by atoms with Gasteiger partial charge in [0.15, 0.2) is 0 Å². The Bertz CT molecular complexity index is 714. The maximum atomic E-state index is 12.8. The van der Waals surface area contributed by atoms with Crippen LogP contribution >= 0.6 is 0 Å². The lowest BCUT2D eigenvalue weighted by molar-refractivity contribution is 0.0999. The molecule has 2 aromatic rings. The molecule has 0 saturated carbocycles. The molecule has 0 saturated heterocycles. The predicted octanol–water partition coefficient (Wildman–Crippen LogP) is 2.60. The first kappa shape index (κ1) is 16.5. The van der Waals surface area contributed by atoms with E-state index in [2.05, 4.69) is 10.6 Å². The number of primary amides is 1. The van der Waals surface area contributed by atoms with Crippen molar-refractivity contribution in [3.05, 3.63) is 65.0 Å². The second kappa shape index (κ2) is 7.40. The van der Waals surface area contributed by atoms with Crippen LogP contribution < -0.4 is 16.4 Å². The normalized spacial score (nSPS) is 10.2. The van der Waals surface area contributed by atoms with Gasteiger partial charge in [0.1, 0.15) is 5.82 Å². The van der Waals surface area contributed by atoms with Gasteiger partial charge < -0.3 is 16.4 Å². The lowest BCUT2D eigenvalue weighted by Gasteiger charge is -2.09. The van der Waals surface area contributed by atoms with E-state index in [1.165, 1.54) is 18.2 Å². The van der Waals surface area contributed by atoms with Crippen molar-refractivity contribution >= 4 is 17.6 Å². The van der Waals surface area contributed by atoms with Gasteiger partial charge in [0, 0.05) is 17.8 Å². The van der Waals surface area contributed by atoms with Crippen LogP contribution in [0.25, 0.3) is 0 Å². The van der Waals surface area contributed by atoms with Gasteiger partial charge >= 0.3 is 6.03 Å². The summed E-state index contributed by atoms with van der Waals surface area (Å²) in [6, 6.07) is 10.7. The van der Waals surface area contributed by atoms with Crippen LogP contribution in [0.4, 0.5) is 14.9 Å². The Morgan fingerprint density at radius 1 is 1.13 bits per heavy atom. The van der Waals surface area contributed by atoms with Crippen molar-refractivity contribution in [1.82, 2.24) is 5.32 Å². The summed E-state index contributed by atoms with van der Waals surface area (Å²) in [5.74, 6) is -0.827. The molecule has 2 rings (SSSR count). The number of nitrogens with two attached hydrogens (primary N) is 1. The number of urea groups is 1. The van der Waals surface area contributed by atoms with Gasteiger partial charge in [-0.3, -0.25) is 4.79 Å². The minimum absolute atomic E-state index is 0.288. The molecule has 0 fully saturated rings. The molecule has 2 aromatic carbocycles. The third kappa shape index (κ3) is 4.81. The molecule has 0 spiro atoms. The summed E-state index contributed by atoms with van der Waals surface area (Å²) in [6.45, 7) is 2.18. The molecule has 0 bridgehead atoms. The zero-order valence-corrected chi connectivity index (χ0v) is 12.7. The van der Waals surface area contributed by atoms with Crippen molar-refractivity contribution in [2.75, 3.05) is 11.9 Å².